The number of thiazole rings is 1. The van der Waals surface area contributed by atoms with Gasteiger partial charge in [0.1, 0.15) is 11.8 Å². The maximum absolute atomic E-state index is 9.12. The van der Waals surface area contributed by atoms with E-state index in [2.05, 4.69) is 23.3 Å². The largest absolute Gasteiger partial charge is 0.495 e. The van der Waals surface area contributed by atoms with Gasteiger partial charge in [-0.3, -0.25) is 0 Å². The van der Waals surface area contributed by atoms with Crippen molar-refractivity contribution in [3.8, 4) is 11.8 Å². The van der Waals surface area contributed by atoms with Crippen LogP contribution in [0.3, 0.4) is 0 Å². The molecule has 5 heteroatoms. The van der Waals surface area contributed by atoms with Crippen LogP contribution in [0.4, 0.5) is 5.69 Å². The highest BCUT2D eigenvalue weighted by Gasteiger charge is 2.09. The number of hydrogen-bond acceptors (Lipinski definition) is 5. The SMILES string of the molecule is CCc1ncc(CNc2c(C#N)cccc2OC)s1. The molecule has 2 aromatic rings. The lowest BCUT2D eigenvalue weighted by molar-refractivity contribution is 0.416. The van der Waals surface area contributed by atoms with Gasteiger partial charge in [0.15, 0.2) is 0 Å². The lowest BCUT2D eigenvalue weighted by Crippen LogP contribution is -2.02. The Morgan fingerprint density at radius 2 is 2.32 bits per heavy atom. The van der Waals surface area contributed by atoms with Crippen LogP contribution in [0.5, 0.6) is 5.75 Å². The zero-order valence-electron chi connectivity index (χ0n) is 10.9. The van der Waals surface area contributed by atoms with Crippen LogP contribution in [-0.2, 0) is 13.0 Å². The summed E-state index contributed by atoms with van der Waals surface area (Å²) in [5.74, 6) is 0.680. The molecule has 1 N–H and O–H groups in total. The molecule has 0 amide bonds. The minimum atomic E-state index is 0.583. The number of hydrogen-bond donors (Lipinski definition) is 1. The summed E-state index contributed by atoms with van der Waals surface area (Å²) in [6.45, 7) is 2.73. The fourth-order valence-electron chi connectivity index (χ4n) is 1.75. The van der Waals surface area contributed by atoms with Crippen LogP contribution < -0.4 is 10.1 Å². The van der Waals surface area contributed by atoms with Gasteiger partial charge in [-0.1, -0.05) is 13.0 Å². The van der Waals surface area contributed by atoms with Crippen LogP contribution in [0.2, 0.25) is 0 Å². The number of rotatable bonds is 5. The topological polar surface area (TPSA) is 57.9 Å². The van der Waals surface area contributed by atoms with E-state index in [4.69, 9.17) is 10.00 Å². The molecule has 0 fully saturated rings. The number of nitrogens with one attached hydrogen (secondary N) is 1. The maximum atomic E-state index is 9.12. The van der Waals surface area contributed by atoms with E-state index >= 15 is 0 Å². The molecule has 1 aromatic carbocycles. The summed E-state index contributed by atoms with van der Waals surface area (Å²) in [7, 11) is 1.60. The zero-order valence-corrected chi connectivity index (χ0v) is 11.8. The second-order valence-electron chi connectivity index (χ2n) is 3.92. The van der Waals surface area contributed by atoms with Crippen LogP contribution in [0.1, 0.15) is 22.4 Å². The van der Waals surface area contributed by atoms with Crippen molar-refractivity contribution in [2.75, 3.05) is 12.4 Å². The Balaban J connectivity index is 2.16. The average Bonchev–Trinajstić information content (AvgIpc) is 2.92. The Labute approximate surface area is 116 Å². The highest BCUT2D eigenvalue weighted by molar-refractivity contribution is 7.11. The van der Waals surface area contributed by atoms with Gasteiger partial charge >= 0.3 is 0 Å². The zero-order chi connectivity index (χ0) is 13.7. The Morgan fingerprint density at radius 3 is 2.95 bits per heavy atom. The smallest absolute Gasteiger partial charge is 0.143 e. The Kier molecular flexibility index (Phi) is 4.37. The number of para-hydroxylation sites is 1. The van der Waals surface area contributed by atoms with Crippen molar-refractivity contribution in [1.29, 1.82) is 5.26 Å². The molecule has 98 valence electrons. The molecule has 0 aliphatic rings. The van der Waals surface area contributed by atoms with Gasteiger partial charge in [0, 0.05) is 11.1 Å². The number of nitriles is 1. The summed E-state index contributed by atoms with van der Waals surface area (Å²) >= 11 is 1.68. The highest BCUT2D eigenvalue weighted by Crippen LogP contribution is 2.28. The lowest BCUT2D eigenvalue weighted by atomic mass is 10.2. The fraction of sp³-hybridized carbons (Fsp3) is 0.286. The average molecular weight is 273 g/mol. The van der Waals surface area contributed by atoms with Crippen molar-refractivity contribution in [3.05, 3.63) is 39.8 Å². The van der Waals surface area contributed by atoms with E-state index in [1.807, 2.05) is 18.3 Å². The van der Waals surface area contributed by atoms with Gasteiger partial charge in [-0.05, 0) is 18.6 Å². The normalized spacial score (nSPS) is 9.95. The second-order valence-corrected chi connectivity index (χ2v) is 5.12. The van der Waals surface area contributed by atoms with E-state index in [9.17, 15) is 0 Å². The number of benzene rings is 1. The van der Waals surface area contributed by atoms with Crippen LogP contribution >= 0.6 is 11.3 Å². The van der Waals surface area contributed by atoms with Gasteiger partial charge in [-0.15, -0.1) is 11.3 Å². The Hall–Kier alpha value is -2.06. The molecule has 0 aliphatic carbocycles. The van der Waals surface area contributed by atoms with E-state index in [-0.39, 0.29) is 0 Å². The minimum Gasteiger partial charge on any atom is -0.495 e. The monoisotopic (exact) mass is 273 g/mol. The van der Waals surface area contributed by atoms with E-state index in [0.29, 0.717) is 17.9 Å². The molecule has 4 nitrogen and oxygen atoms in total. The maximum Gasteiger partial charge on any atom is 0.143 e. The molecule has 0 radical (unpaired) electrons. The van der Waals surface area contributed by atoms with Crippen molar-refractivity contribution in [2.45, 2.75) is 19.9 Å². The Morgan fingerprint density at radius 1 is 1.47 bits per heavy atom. The van der Waals surface area contributed by atoms with Gasteiger partial charge < -0.3 is 10.1 Å². The van der Waals surface area contributed by atoms with Crippen LogP contribution in [0.15, 0.2) is 24.4 Å². The van der Waals surface area contributed by atoms with Gasteiger partial charge in [-0.25, -0.2) is 4.98 Å². The van der Waals surface area contributed by atoms with E-state index in [1.165, 1.54) is 0 Å². The molecule has 19 heavy (non-hydrogen) atoms. The van der Waals surface area contributed by atoms with Crippen LogP contribution in [0, 0.1) is 11.3 Å². The molecule has 0 bridgehead atoms. The summed E-state index contributed by atoms with van der Waals surface area (Å²) in [4.78, 5) is 5.46. The number of methoxy groups -OCH3 is 1. The van der Waals surface area contributed by atoms with Crippen molar-refractivity contribution in [3.63, 3.8) is 0 Å². The van der Waals surface area contributed by atoms with Crippen molar-refractivity contribution in [2.24, 2.45) is 0 Å². The standard InChI is InChI=1S/C14H15N3OS/c1-3-13-16-8-11(19-13)9-17-14-10(7-15)5-4-6-12(14)18-2/h4-6,8,17H,3,9H2,1-2H3. The van der Waals surface area contributed by atoms with Crippen molar-refractivity contribution < 1.29 is 4.74 Å². The number of aromatic nitrogens is 1. The van der Waals surface area contributed by atoms with E-state index in [0.717, 1.165) is 22.0 Å². The first-order valence-corrected chi connectivity index (χ1v) is 6.84. The highest BCUT2D eigenvalue weighted by atomic mass is 32.1. The first kappa shape index (κ1) is 13.4. The minimum absolute atomic E-state index is 0.583. The third kappa shape index (κ3) is 3.04. The number of ether oxygens (including phenoxy) is 1. The first-order valence-electron chi connectivity index (χ1n) is 6.03. The van der Waals surface area contributed by atoms with Crippen molar-refractivity contribution >= 4 is 17.0 Å². The van der Waals surface area contributed by atoms with Crippen LogP contribution in [0.25, 0.3) is 0 Å². The predicted octanol–water partition coefficient (Wildman–Crippen LogP) is 3.20. The first-order chi connectivity index (χ1) is 9.28. The van der Waals surface area contributed by atoms with Gasteiger partial charge in [0.2, 0.25) is 0 Å². The third-order valence-electron chi connectivity index (χ3n) is 2.71. The number of anilines is 1. The molecule has 0 atom stereocenters. The Bertz CT molecular complexity index is 601. The summed E-state index contributed by atoms with van der Waals surface area (Å²) in [5.41, 5.74) is 1.32. The molecule has 2 rings (SSSR count). The fourth-order valence-corrected chi connectivity index (χ4v) is 2.55. The van der Waals surface area contributed by atoms with E-state index < -0.39 is 0 Å². The molecular weight excluding hydrogens is 258 g/mol. The van der Waals surface area contributed by atoms with Gasteiger partial charge in [-0.2, -0.15) is 5.26 Å². The molecular formula is C14H15N3OS. The molecule has 0 spiro atoms. The van der Waals surface area contributed by atoms with Gasteiger partial charge in [0.05, 0.1) is 29.9 Å². The molecule has 0 unspecified atom stereocenters. The summed E-state index contributed by atoms with van der Waals surface area (Å²) in [6.07, 6.45) is 2.82. The van der Waals surface area contributed by atoms with Gasteiger partial charge in [0.25, 0.3) is 0 Å². The molecule has 0 saturated carbocycles. The summed E-state index contributed by atoms with van der Waals surface area (Å²) < 4.78 is 5.28. The lowest BCUT2D eigenvalue weighted by Gasteiger charge is -2.11. The molecule has 1 aromatic heterocycles. The molecule has 0 saturated heterocycles. The number of aryl methyl sites for hydroxylation is 1. The quantitative estimate of drug-likeness (QED) is 0.909. The summed E-state index contributed by atoms with van der Waals surface area (Å²) in [6, 6.07) is 7.59. The number of nitrogens with zero attached hydrogens (tertiary/aromatic N) is 2. The summed E-state index contributed by atoms with van der Waals surface area (Å²) in [5, 5.41) is 13.5. The predicted molar refractivity (Wildman–Crippen MR) is 76.5 cm³/mol. The second kappa shape index (κ2) is 6.21. The molecule has 1 heterocycles. The third-order valence-corrected chi connectivity index (χ3v) is 3.85. The van der Waals surface area contributed by atoms with Crippen LogP contribution in [-0.4, -0.2) is 12.1 Å². The molecule has 0 aliphatic heterocycles. The van der Waals surface area contributed by atoms with E-state index in [1.54, 1.807) is 24.5 Å². The van der Waals surface area contributed by atoms with Crippen molar-refractivity contribution in [1.82, 2.24) is 4.98 Å².